The Morgan fingerprint density at radius 3 is 2.71 bits per heavy atom. The van der Waals surface area contributed by atoms with Crippen molar-refractivity contribution in [2.45, 2.75) is 42.5 Å². The van der Waals surface area contributed by atoms with Crippen molar-refractivity contribution in [3.05, 3.63) is 107 Å². The fourth-order valence-corrected chi connectivity index (χ4v) is 7.20. The summed E-state index contributed by atoms with van der Waals surface area (Å²) in [6.07, 6.45) is 2.31. The zero-order chi connectivity index (χ0) is 31.5. The third-order valence-corrected chi connectivity index (χ3v) is 9.49. The molecule has 0 unspecified atom stereocenters. The standard InChI is InChI=1S/C34H31N3O6S2/c1-4-15-42-26-14-11-22(18-27(26)41-5-2)29-28(30(38)23-12-13-25-24(17-23)16-20(3)43-25)31(39)32(40)37(29)33-35-36-34(45-33)44-19-21-9-7-6-8-10-21/h4,6-14,17-18,20,29,38H,1,5,15-16,19H2,2-3H3/b30-28+/t20-,29+/m0/s1. The molecular weight excluding hydrogens is 611 g/mol. The number of aromatic nitrogens is 2. The maximum atomic E-state index is 13.8. The van der Waals surface area contributed by atoms with Crippen LogP contribution < -0.4 is 19.1 Å². The molecule has 45 heavy (non-hydrogen) atoms. The first-order valence-electron chi connectivity index (χ1n) is 14.5. The van der Waals surface area contributed by atoms with Gasteiger partial charge in [0.25, 0.3) is 5.78 Å². The highest BCUT2D eigenvalue weighted by Gasteiger charge is 2.48. The molecule has 3 heterocycles. The van der Waals surface area contributed by atoms with Crippen molar-refractivity contribution in [3.63, 3.8) is 0 Å². The van der Waals surface area contributed by atoms with E-state index in [0.29, 0.717) is 45.7 Å². The lowest BCUT2D eigenvalue weighted by atomic mass is 9.94. The Labute approximate surface area is 269 Å². The number of aliphatic hydroxyl groups is 1. The van der Waals surface area contributed by atoms with E-state index in [2.05, 4.69) is 16.8 Å². The van der Waals surface area contributed by atoms with Crippen molar-refractivity contribution in [1.29, 1.82) is 0 Å². The fourth-order valence-electron chi connectivity index (χ4n) is 5.38. The number of rotatable bonds is 11. The number of fused-ring (bicyclic) bond motifs is 1. The van der Waals surface area contributed by atoms with E-state index >= 15 is 0 Å². The van der Waals surface area contributed by atoms with Crippen LogP contribution in [0.4, 0.5) is 5.13 Å². The number of thioether (sulfide) groups is 1. The number of Topliss-reactive ketones (excluding diaryl/α,β-unsaturated/α-hetero) is 1. The monoisotopic (exact) mass is 641 g/mol. The Kier molecular flexibility index (Phi) is 8.90. The van der Waals surface area contributed by atoms with Crippen LogP contribution >= 0.6 is 23.1 Å². The number of nitrogens with zero attached hydrogens (tertiary/aromatic N) is 3. The molecule has 0 saturated carbocycles. The Hall–Kier alpha value is -4.61. The van der Waals surface area contributed by atoms with E-state index in [4.69, 9.17) is 14.2 Å². The molecule has 2 atom stereocenters. The van der Waals surface area contributed by atoms with Gasteiger partial charge < -0.3 is 19.3 Å². The predicted molar refractivity (Wildman–Crippen MR) is 174 cm³/mol. The largest absolute Gasteiger partial charge is 0.507 e. The van der Waals surface area contributed by atoms with Crippen LogP contribution in [0.1, 0.15) is 42.1 Å². The first-order chi connectivity index (χ1) is 21.9. The maximum absolute atomic E-state index is 13.8. The minimum atomic E-state index is -0.999. The molecule has 0 radical (unpaired) electrons. The number of carbonyl (C=O) groups excluding carboxylic acids is 2. The number of amides is 1. The van der Waals surface area contributed by atoms with Crippen LogP contribution in [0, 0.1) is 0 Å². The number of ether oxygens (including phenoxy) is 3. The molecule has 0 spiro atoms. The third kappa shape index (κ3) is 6.18. The SMILES string of the molecule is C=CCOc1ccc([C@@H]2/C(=C(\O)c3ccc4c(c3)C[C@H](C)O4)C(=O)C(=O)N2c2nnc(SCc3ccccc3)s2)cc1OCC. The van der Waals surface area contributed by atoms with Gasteiger partial charge >= 0.3 is 5.91 Å². The van der Waals surface area contributed by atoms with Gasteiger partial charge in [-0.15, -0.1) is 10.2 Å². The zero-order valence-corrected chi connectivity index (χ0v) is 26.4. The average Bonchev–Trinajstić information content (AvgIpc) is 3.74. The number of carbonyl (C=O) groups is 2. The highest BCUT2D eigenvalue weighted by atomic mass is 32.2. The van der Waals surface area contributed by atoms with Crippen LogP contribution in [-0.4, -0.2) is 46.3 Å². The Morgan fingerprint density at radius 1 is 1.11 bits per heavy atom. The van der Waals surface area contributed by atoms with Gasteiger partial charge in [-0.25, -0.2) is 0 Å². The summed E-state index contributed by atoms with van der Waals surface area (Å²) in [5, 5.41) is 20.6. The minimum Gasteiger partial charge on any atom is -0.507 e. The van der Waals surface area contributed by atoms with Crippen molar-refractivity contribution >= 4 is 45.7 Å². The molecule has 0 bridgehead atoms. The average molecular weight is 642 g/mol. The molecule has 1 amide bonds. The molecule has 1 fully saturated rings. The van der Waals surface area contributed by atoms with E-state index in [9.17, 15) is 14.7 Å². The molecule has 1 N–H and O–H groups in total. The third-order valence-electron chi connectivity index (χ3n) is 7.36. The van der Waals surface area contributed by atoms with E-state index in [-0.39, 0.29) is 29.2 Å². The number of hydrogen-bond donors (Lipinski definition) is 1. The van der Waals surface area contributed by atoms with Crippen molar-refractivity contribution < 1.29 is 28.9 Å². The Morgan fingerprint density at radius 2 is 1.93 bits per heavy atom. The first kappa shape index (κ1) is 30.4. The van der Waals surface area contributed by atoms with Gasteiger partial charge in [-0.1, -0.05) is 72.2 Å². The number of aliphatic hydroxyl groups excluding tert-OH is 1. The summed E-state index contributed by atoms with van der Waals surface area (Å²) >= 11 is 2.70. The van der Waals surface area contributed by atoms with Crippen molar-refractivity contribution in [2.24, 2.45) is 0 Å². The number of anilines is 1. The number of hydrogen-bond acceptors (Lipinski definition) is 10. The van der Waals surface area contributed by atoms with Gasteiger partial charge in [0.05, 0.1) is 18.2 Å². The van der Waals surface area contributed by atoms with Crippen molar-refractivity contribution in [2.75, 3.05) is 18.1 Å². The molecule has 3 aromatic carbocycles. The molecule has 4 aromatic rings. The quantitative estimate of drug-likeness (QED) is 0.0475. The smallest absolute Gasteiger partial charge is 0.301 e. The topological polar surface area (TPSA) is 111 Å². The van der Waals surface area contributed by atoms with Gasteiger partial charge in [-0.2, -0.15) is 0 Å². The molecule has 1 aromatic heterocycles. The number of ketones is 1. The van der Waals surface area contributed by atoms with Gasteiger partial charge in [-0.05, 0) is 60.9 Å². The fraction of sp³-hybridized carbons (Fsp3) is 0.235. The molecule has 0 aliphatic carbocycles. The molecular formula is C34H31N3O6S2. The maximum Gasteiger partial charge on any atom is 0.301 e. The molecule has 11 heteroatoms. The van der Waals surface area contributed by atoms with Gasteiger partial charge in [0.2, 0.25) is 5.13 Å². The predicted octanol–water partition coefficient (Wildman–Crippen LogP) is 6.74. The van der Waals surface area contributed by atoms with Crippen molar-refractivity contribution in [3.8, 4) is 17.2 Å². The van der Waals surface area contributed by atoms with Gasteiger partial charge in [-0.3, -0.25) is 14.5 Å². The van der Waals surface area contributed by atoms with E-state index in [1.807, 2.05) is 44.2 Å². The Balaban J connectivity index is 1.43. The van der Waals surface area contributed by atoms with Crippen LogP contribution in [-0.2, 0) is 21.8 Å². The van der Waals surface area contributed by atoms with Crippen LogP contribution in [0.25, 0.3) is 5.76 Å². The highest BCUT2D eigenvalue weighted by Crippen LogP contribution is 2.46. The normalized spacial score (nSPS) is 18.5. The Bertz CT molecular complexity index is 1790. The van der Waals surface area contributed by atoms with Crippen LogP contribution in [0.3, 0.4) is 0 Å². The number of benzene rings is 3. The summed E-state index contributed by atoms with van der Waals surface area (Å²) in [5.74, 6) is 0.422. The molecule has 2 aliphatic heterocycles. The summed E-state index contributed by atoms with van der Waals surface area (Å²) in [7, 11) is 0. The van der Waals surface area contributed by atoms with Gasteiger partial charge in [0.15, 0.2) is 15.8 Å². The van der Waals surface area contributed by atoms with Gasteiger partial charge in [0, 0.05) is 17.7 Å². The molecule has 230 valence electrons. The summed E-state index contributed by atoms with van der Waals surface area (Å²) in [4.78, 5) is 28.8. The lowest BCUT2D eigenvalue weighted by Gasteiger charge is -2.23. The van der Waals surface area contributed by atoms with Crippen LogP contribution in [0.5, 0.6) is 17.2 Å². The van der Waals surface area contributed by atoms with E-state index in [0.717, 1.165) is 16.9 Å². The van der Waals surface area contributed by atoms with Crippen molar-refractivity contribution in [1.82, 2.24) is 10.2 Å². The molecule has 1 saturated heterocycles. The van der Waals surface area contributed by atoms with Crippen LogP contribution in [0.15, 0.2) is 89.3 Å². The van der Waals surface area contributed by atoms with E-state index < -0.39 is 17.7 Å². The van der Waals surface area contributed by atoms with E-state index in [1.165, 1.54) is 28.0 Å². The van der Waals surface area contributed by atoms with Crippen LogP contribution in [0.2, 0.25) is 0 Å². The van der Waals surface area contributed by atoms with Gasteiger partial charge in [0.1, 0.15) is 24.2 Å². The summed E-state index contributed by atoms with van der Waals surface area (Å²) in [6, 6.07) is 19.4. The second kappa shape index (κ2) is 13.2. The molecule has 6 rings (SSSR count). The first-order valence-corrected chi connectivity index (χ1v) is 16.3. The highest BCUT2D eigenvalue weighted by molar-refractivity contribution is 8.00. The summed E-state index contributed by atoms with van der Waals surface area (Å²) < 4.78 is 18.1. The summed E-state index contributed by atoms with van der Waals surface area (Å²) in [6.45, 7) is 8.16. The molecule has 2 aliphatic rings. The second-order valence-electron chi connectivity index (χ2n) is 10.5. The summed E-state index contributed by atoms with van der Waals surface area (Å²) in [5.41, 5.74) is 2.95. The second-order valence-corrected chi connectivity index (χ2v) is 12.7. The molecule has 9 nitrogen and oxygen atoms in total. The zero-order valence-electron chi connectivity index (χ0n) is 24.8. The van der Waals surface area contributed by atoms with E-state index in [1.54, 1.807) is 42.5 Å². The minimum absolute atomic E-state index is 0.00754. The lowest BCUT2D eigenvalue weighted by Crippen LogP contribution is -2.29. The lowest BCUT2D eigenvalue weighted by molar-refractivity contribution is -0.132.